The van der Waals surface area contributed by atoms with Crippen LogP contribution in [0.25, 0.3) is 0 Å². The number of carbonyl (C=O) groups is 1. The molecule has 0 spiro atoms. The highest BCUT2D eigenvalue weighted by atomic mass is 32.2. The number of carbonyl (C=O) groups excluding carboxylic acids is 1. The van der Waals surface area contributed by atoms with Gasteiger partial charge in [-0.1, -0.05) is 18.7 Å². The van der Waals surface area contributed by atoms with Gasteiger partial charge in [-0.15, -0.1) is 0 Å². The van der Waals surface area contributed by atoms with Gasteiger partial charge in [0.15, 0.2) is 0 Å². The van der Waals surface area contributed by atoms with E-state index in [9.17, 15) is 4.79 Å². The molecule has 0 amide bonds. The number of allylic oxidation sites excluding steroid dienone is 1. The Morgan fingerprint density at radius 2 is 2.33 bits per heavy atom. The smallest absolute Gasteiger partial charge is 0.213 e. The van der Waals surface area contributed by atoms with Crippen molar-refractivity contribution in [1.29, 1.82) is 0 Å². The molecule has 2 nitrogen and oxygen atoms in total. The first-order chi connectivity index (χ1) is 4.16. The molecule has 0 aliphatic rings. The highest BCUT2D eigenvalue weighted by molar-refractivity contribution is 8.14. The van der Waals surface area contributed by atoms with Gasteiger partial charge in [-0.25, -0.2) is 0 Å². The summed E-state index contributed by atoms with van der Waals surface area (Å²) in [6, 6.07) is 0. The number of hydrogen-bond donors (Lipinski definition) is 1. The maximum atomic E-state index is 10.7. The Balaban J connectivity index is 3.63. The van der Waals surface area contributed by atoms with E-state index in [0.717, 1.165) is 5.75 Å². The van der Waals surface area contributed by atoms with Gasteiger partial charge >= 0.3 is 0 Å². The van der Waals surface area contributed by atoms with Crippen molar-refractivity contribution < 1.29 is 4.79 Å². The van der Waals surface area contributed by atoms with Crippen molar-refractivity contribution in [3.63, 3.8) is 0 Å². The summed E-state index contributed by atoms with van der Waals surface area (Å²) in [5.74, 6) is 0.808. The molecule has 0 heterocycles. The zero-order valence-electron chi connectivity index (χ0n) is 5.68. The van der Waals surface area contributed by atoms with Gasteiger partial charge in [0.25, 0.3) is 0 Å². The van der Waals surface area contributed by atoms with Gasteiger partial charge in [-0.3, -0.25) is 4.79 Å². The summed E-state index contributed by atoms with van der Waals surface area (Å²) < 4.78 is 0. The molecule has 0 radical (unpaired) electrons. The molecular formula is C6H11NOS. The van der Waals surface area contributed by atoms with Gasteiger partial charge < -0.3 is 5.73 Å². The second-order valence-electron chi connectivity index (χ2n) is 1.64. The third kappa shape index (κ3) is 5.43. The molecule has 0 rings (SSSR count). The van der Waals surface area contributed by atoms with Crippen LogP contribution in [0, 0.1) is 0 Å². The molecule has 2 N–H and O–H groups in total. The standard InChI is InChI=1S/C6H11NOS/c1-3-9-6(8)4-5(2)7/h4H,3,7H2,1-2H3. The normalized spacial score (nSPS) is 11.6. The van der Waals surface area contributed by atoms with E-state index < -0.39 is 0 Å². The Morgan fingerprint density at radius 3 is 2.67 bits per heavy atom. The lowest BCUT2D eigenvalue weighted by Gasteiger charge is -1.89. The van der Waals surface area contributed by atoms with E-state index in [1.54, 1.807) is 6.92 Å². The van der Waals surface area contributed by atoms with Crippen LogP contribution < -0.4 is 5.73 Å². The Labute approximate surface area is 59.5 Å². The first kappa shape index (κ1) is 8.56. The maximum absolute atomic E-state index is 10.7. The predicted molar refractivity (Wildman–Crippen MR) is 41.1 cm³/mol. The minimum atomic E-state index is 0.0394. The highest BCUT2D eigenvalue weighted by Gasteiger charge is 1.93. The average molecular weight is 145 g/mol. The zero-order valence-corrected chi connectivity index (χ0v) is 6.49. The van der Waals surface area contributed by atoms with Crippen molar-refractivity contribution in [1.82, 2.24) is 0 Å². The second kappa shape index (κ2) is 4.44. The molecule has 0 unspecified atom stereocenters. The summed E-state index contributed by atoms with van der Waals surface area (Å²) in [6.07, 6.45) is 1.44. The van der Waals surface area contributed by atoms with E-state index in [4.69, 9.17) is 5.73 Å². The van der Waals surface area contributed by atoms with Gasteiger partial charge in [0.1, 0.15) is 0 Å². The minimum absolute atomic E-state index is 0.0394. The largest absolute Gasteiger partial charge is 0.402 e. The molecule has 52 valence electrons. The summed E-state index contributed by atoms with van der Waals surface area (Å²) in [6.45, 7) is 3.64. The Kier molecular flexibility index (Phi) is 4.22. The van der Waals surface area contributed by atoms with E-state index in [1.807, 2.05) is 6.92 Å². The maximum Gasteiger partial charge on any atom is 0.213 e. The summed E-state index contributed by atoms with van der Waals surface area (Å²) in [5, 5.41) is 0.0394. The van der Waals surface area contributed by atoms with Crippen LogP contribution in [-0.2, 0) is 4.79 Å². The van der Waals surface area contributed by atoms with Crippen LogP contribution in [-0.4, -0.2) is 10.9 Å². The van der Waals surface area contributed by atoms with E-state index in [1.165, 1.54) is 17.8 Å². The third-order valence-corrected chi connectivity index (χ3v) is 1.32. The first-order valence-electron chi connectivity index (χ1n) is 2.77. The van der Waals surface area contributed by atoms with Crippen LogP contribution in [0.4, 0.5) is 0 Å². The summed E-state index contributed by atoms with van der Waals surface area (Å²) in [7, 11) is 0. The van der Waals surface area contributed by atoms with Crippen LogP contribution in [0.5, 0.6) is 0 Å². The number of rotatable bonds is 2. The van der Waals surface area contributed by atoms with Crippen molar-refractivity contribution >= 4 is 16.9 Å². The Morgan fingerprint density at radius 1 is 1.78 bits per heavy atom. The van der Waals surface area contributed by atoms with Crippen LogP contribution in [0.3, 0.4) is 0 Å². The summed E-state index contributed by atoms with van der Waals surface area (Å²) in [5.41, 5.74) is 5.82. The van der Waals surface area contributed by atoms with E-state index >= 15 is 0 Å². The highest BCUT2D eigenvalue weighted by Crippen LogP contribution is 2.01. The number of hydrogen-bond acceptors (Lipinski definition) is 3. The van der Waals surface area contributed by atoms with Gasteiger partial charge in [-0.2, -0.15) is 0 Å². The Bertz CT molecular complexity index is 127. The second-order valence-corrected chi connectivity index (χ2v) is 2.91. The average Bonchev–Trinajstić information content (AvgIpc) is 1.63. The van der Waals surface area contributed by atoms with Crippen molar-refractivity contribution in [2.24, 2.45) is 5.73 Å². The van der Waals surface area contributed by atoms with Crippen molar-refractivity contribution in [3.05, 3.63) is 11.8 Å². The molecule has 0 bridgehead atoms. The fraction of sp³-hybridized carbons (Fsp3) is 0.500. The molecule has 0 saturated heterocycles. The lowest BCUT2D eigenvalue weighted by atomic mass is 10.5. The SMILES string of the molecule is CCSC(=O)C=C(C)N. The summed E-state index contributed by atoms with van der Waals surface area (Å²) >= 11 is 1.26. The van der Waals surface area contributed by atoms with Gasteiger partial charge in [-0.05, 0) is 12.7 Å². The van der Waals surface area contributed by atoms with Crippen LogP contribution >= 0.6 is 11.8 Å². The monoisotopic (exact) mass is 145 g/mol. The number of thioether (sulfide) groups is 1. The van der Waals surface area contributed by atoms with Gasteiger partial charge in [0, 0.05) is 11.8 Å². The lowest BCUT2D eigenvalue weighted by molar-refractivity contribution is -0.107. The minimum Gasteiger partial charge on any atom is -0.402 e. The third-order valence-electron chi connectivity index (χ3n) is 0.632. The molecule has 0 fully saturated rings. The first-order valence-corrected chi connectivity index (χ1v) is 3.76. The van der Waals surface area contributed by atoms with Crippen LogP contribution in [0.2, 0.25) is 0 Å². The fourth-order valence-electron chi connectivity index (χ4n) is 0.370. The molecule has 0 aliphatic carbocycles. The topological polar surface area (TPSA) is 43.1 Å². The number of nitrogens with two attached hydrogens (primary N) is 1. The molecule has 0 aromatic rings. The van der Waals surface area contributed by atoms with E-state index in [-0.39, 0.29) is 5.12 Å². The van der Waals surface area contributed by atoms with Crippen LogP contribution in [0.15, 0.2) is 11.8 Å². The molecule has 0 saturated carbocycles. The fourth-order valence-corrected chi connectivity index (χ4v) is 0.924. The Hall–Kier alpha value is -0.440. The van der Waals surface area contributed by atoms with E-state index in [2.05, 4.69) is 0 Å². The molecule has 9 heavy (non-hydrogen) atoms. The van der Waals surface area contributed by atoms with Crippen LogP contribution in [0.1, 0.15) is 13.8 Å². The molecule has 3 heteroatoms. The van der Waals surface area contributed by atoms with Gasteiger partial charge in [0.05, 0.1) is 0 Å². The quantitative estimate of drug-likeness (QED) is 0.592. The molecule has 0 aliphatic heterocycles. The predicted octanol–water partition coefficient (Wildman–Crippen LogP) is 1.13. The molecule has 0 atom stereocenters. The van der Waals surface area contributed by atoms with Gasteiger partial charge in [0.2, 0.25) is 5.12 Å². The molecule has 0 aromatic carbocycles. The summed E-state index contributed by atoms with van der Waals surface area (Å²) in [4.78, 5) is 10.7. The lowest BCUT2D eigenvalue weighted by Crippen LogP contribution is -1.95. The van der Waals surface area contributed by atoms with Crippen molar-refractivity contribution in [3.8, 4) is 0 Å². The zero-order chi connectivity index (χ0) is 7.28. The van der Waals surface area contributed by atoms with Crippen molar-refractivity contribution in [2.45, 2.75) is 13.8 Å². The molecular weight excluding hydrogens is 134 g/mol. The van der Waals surface area contributed by atoms with E-state index in [0.29, 0.717) is 5.70 Å². The van der Waals surface area contributed by atoms with Crippen molar-refractivity contribution in [2.75, 3.05) is 5.75 Å². The molecule has 0 aromatic heterocycles.